The van der Waals surface area contributed by atoms with E-state index in [0.29, 0.717) is 0 Å². The van der Waals surface area contributed by atoms with Gasteiger partial charge >= 0.3 is 15.6 Å². The van der Waals surface area contributed by atoms with Crippen LogP contribution in [-0.2, 0) is 36.7 Å². The average Bonchev–Trinajstić information content (AvgIpc) is 3.71. The molecule has 0 spiro atoms. The predicted molar refractivity (Wildman–Crippen MR) is 146 cm³/mol. The number of imidazole rings is 2. The highest BCUT2D eigenvalue weighted by Crippen LogP contribution is 2.56. The molecular formula is C21H25FN10O11P2. The molecule has 4 unspecified atom stereocenters. The van der Waals surface area contributed by atoms with Gasteiger partial charge < -0.3 is 30.7 Å². The Morgan fingerprint density at radius 1 is 0.978 bits per heavy atom. The average molecular weight is 674 g/mol. The highest BCUT2D eigenvalue weighted by Gasteiger charge is 2.60. The maximum absolute atomic E-state index is 16.5. The molecule has 242 valence electrons. The SMILES string of the molecule is C[C@@]1(F)C(n2cnc3c(N)ncnc32)O[C@@H]2COP(=O)(O)O[C@@H]3C[C@@H](COP(=O)(O)O[C@H]21)OC3n1cnc2c(=O)[nH]c(N)nc21. The zero-order chi connectivity index (χ0) is 31.9. The summed E-state index contributed by atoms with van der Waals surface area (Å²) in [6, 6.07) is 0. The maximum atomic E-state index is 16.5. The monoisotopic (exact) mass is 674 g/mol. The van der Waals surface area contributed by atoms with Crippen molar-refractivity contribution in [3.8, 4) is 0 Å². The molecule has 0 aromatic carbocycles. The van der Waals surface area contributed by atoms with E-state index in [1.807, 2.05) is 0 Å². The van der Waals surface area contributed by atoms with Crippen molar-refractivity contribution < 1.29 is 50.9 Å². The molecule has 4 aromatic heterocycles. The fourth-order valence-corrected chi connectivity index (χ4v) is 7.54. The van der Waals surface area contributed by atoms with Crippen molar-refractivity contribution in [1.82, 2.24) is 39.0 Å². The van der Waals surface area contributed by atoms with Crippen LogP contribution in [0.1, 0.15) is 25.8 Å². The molecule has 21 nitrogen and oxygen atoms in total. The Hall–Kier alpha value is -3.43. The lowest BCUT2D eigenvalue weighted by molar-refractivity contribution is -0.0673. The first-order valence-electron chi connectivity index (χ1n) is 13.2. The summed E-state index contributed by atoms with van der Waals surface area (Å²) in [5.41, 5.74) is 8.35. The van der Waals surface area contributed by atoms with Crippen LogP contribution in [0.15, 0.2) is 23.8 Å². The number of halogens is 1. The summed E-state index contributed by atoms with van der Waals surface area (Å²) >= 11 is 0. The quantitative estimate of drug-likeness (QED) is 0.176. The summed E-state index contributed by atoms with van der Waals surface area (Å²) < 4.78 is 78.1. The van der Waals surface area contributed by atoms with E-state index >= 15 is 4.39 Å². The number of anilines is 2. The molecule has 2 bridgehead atoms. The van der Waals surface area contributed by atoms with Crippen LogP contribution in [0, 0.1) is 0 Å². The van der Waals surface area contributed by atoms with E-state index in [2.05, 4.69) is 29.9 Å². The van der Waals surface area contributed by atoms with Gasteiger partial charge in [-0.3, -0.25) is 37.0 Å². The summed E-state index contributed by atoms with van der Waals surface area (Å²) in [6.45, 7) is -0.416. The van der Waals surface area contributed by atoms with Gasteiger partial charge in [-0.05, 0) is 6.92 Å². The number of aromatic amines is 1. The van der Waals surface area contributed by atoms with E-state index in [-0.39, 0.29) is 40.5 Å². The largest absolute Gasteiger partial charge is 0.472 e. The van der Waals surface area contributed by atoms with Crippen molar-refractivity contribution in [2.24, 2.45) is 0 Å². The lowest BCUT2D eigenvalue weighted by Crippen LogP contribution is -2.42. The number of hydrogen-bond donors (Lipinski definition) is 5. The van der Waals surface area contributed by atoms with Gasteiger partial charge in [-0.1, -0.05) is 0 Å². The van der Waals surface area contributed by atoms with Gasteiger partial charge in [0, 0.05) is 6.42 Å². The minimum Gasteiger partial charge on any atom is -0.382 e. The number of H-pyrrole nitrogens is 1. The molecule has 3 aliphatic heterocycles. The zero-order valence-corrected chi connectivity index (χ0v) is 24.7. The summed E-state index contributed by atoms with van der Waals surface area (Å²) in [5.74, 6) is -0.221. The Balaban J connectivity index is 1.21. The number of aromatic nitrogens is 8. The molecule has 7 heterocycles. The highest BCUT2D eigenvalue weighted by atomic mass is 31.2. The van der Waals surface area contributed by atoms with Gasteiger partial charge in [0.1, 0.15) is 30.2 Å². The number of hydrogen-bond acceptors (Lipinski definition) is 16. The third kappa shape index (κ3) is 5.31. The van der Waals surface area contributed by atoms with E-state index in [4.69, 9.17) is 39.0 Å². The second-order valence-electron chi connectivity index (χ2n) is 10.6. The van der Waals surface area contributed by atoms with Crippen LogP contribution in [0.2, 0.25) is 0 Å². The molecule has 3 saturated heterocycles. The number of rotatable bonds is 2. The first-order valence-corrected chi connectivity index (χ1v) is 16.2. The molecule has 3 fully saturated rings. The van der Waals surface area contributed by atoms with Crippen LogP contribution < -0.4 is 17.0 Å². The number of phosphoric acid groups is 2. The van der Waals surface area contributed by atoms with Gasteiger partial charge in [0.2, 0.25) is 5.95 Å². The molecule has 0 amide bonds. The number of fused-ring (bicyclic) bond motifs is 5. The first kappa shape index (κ1) is 30.2. The van der Waals surface area contributed by atoms with Crippen molar-refractivity contribution >= 4 is 49.7 Å². The number of nitrogens with one attached hydrogen (secondary N) is 1. The van der Waals surface area contributed by atoms with Crippen LogP contribution in [0.5, 0.6) is 0 Å². The molecule has 24 heteroatoms. The van der Waals surface area contributed by atoms with Gasteiger partial charge in [-0.2, -0.15) is 4.98 Å². The summed E-state index contributed by atoms with van der Waals surface area (Å²) in [4.78, 5) is 56.0. The van der Waals surface area contributed by atoms with E-state index in [1.54, 1.807) is 0 Å². The van der Waals surface area contributed by atoms with Gasteiger partial charge in [-0.15, -0.1) is 0 Å². The van der Waals surface area contributed by atoms with E-state index in [0.717, 1.165) is 13.3 Å². The van der Waals surface area contributed by atoms with Crippen LogP contribution >= 0.6 is 15.6 Å². The molecule has 9 atom stereocenters. The number of nitrogens with zero attached hydrogens (tertiary/aromatic N) is 7. The molecule has 0 radical (unpaired) electrons. The van der Waals surface area contributed by atoms with Crippen LogP contribution in [0.25, 0.3) is 22.3 Å². The maximum Gasteiger partial charge on any atom is 0.472 e. The van der Waals surface area contributed by atoms with Crippen molar-refractivity contribution in [3.63, 3.8) is 0 Å². The number of nitrogen functional groups attached to an aromatic ring is 2. The number of ether oxygens (including phenoxy) is 2. The van der Waals surface area contributed by atoms with Gasteiger partial charge in [0.25, 0.3) is 5.56 Å². The molecular weight excluding hydrogens is 649 g/mol. The number of alkyl halides is 1. The molecule has 3 aliphatic rings. The van der Waals surface area contributed by atoms with Crippen molar-refractivity contribution in [2.45, 2.75) is 55.9 Å². The fraction of sp³-hybridized carbons (Fsp3) is 0.524. The molecule has 7 rings (SSSR count). The Labute approximate surface area is 249 Å². The zero-order valence-electron chi connectivity index (χ0n) is 22.9. The normalized spacial score (nSPS) is 37.7. The predicted octanol–water partition coefficient (Wildman–Crippen LogP) is 0.0550. The number of phosphoric ester groups is 2. The van der Waals surface area contributed by atoms with Crippen LogP contribution in [-0.4, -0.2) is 92.1 Å². The number of nitrogens with two attached hydrogens (primary N) is 2. The smallest absolute Gasteiger partial charge is 0.382 e. The topological polar surface area (TPSA) is 289 Å². The van der Waals surface area contributed by atoms with Crippen molar-refractivity contribution in [3.05, 3.63) is 29.3 Å². The summed E-state index contributed by atoms with van der Waals surface area (Å²) in [5, 5.41) is 0. The second-order valence-corrected chi connectivity index (χ2v) is 13.4. The Bertz CT molecular complexity index is 1950. The second kappa shape index (κ2) is 10.6. The molecule has 0 saturated carbocycles. The minimum absolute atomic E-state index is 0.0102. The fourth-order valence-electron chi connectivity index (χ4n) is 5.56. The Morgan fingerprint density at radius 3 is 2.49 bits per heavy atom. The summed E-state index contributed by atoms with van der Waals surface area (Å²) in [7, 11) is -10.0. The lowest BCUT2D eigenvalue weighted by atomic mass is 9.98. The third-order valence-electron chi connectivity index (χ3n) is 7.53. The summed E-state index contributed by atoms with van der Waals surface area (Å²) in [6.07, 6.45) is -5.27. The van der Waals surface area contributed by atoms with Crippen LogP contribution in [0.3, 0.4) is 0 Å². The van der Waals surface area contributed by atoms with E-state index in [9.17, 15) is 23.7 Å². The van der Waals surface area contributed by atoms with E-state index < -0.39 is 77.0 Å². The standard InChI is InChI=1S/C21H25FN10O11P2/c1-21(22)13-10(41-19(21)32-7-27-11-14(23)25-5-26-15(11)32)4-39-44(34,35)42-9-2-8(3-38-45(36,37)43-13)40-18(9)31-6-28-12-16(31)29-20(24)30-17(12)33/h5-10,13,18-19H,2-4H2,1H3,(H,34,35)(H,36,37)(H2,23,25,26)(H3,24,29,30,33)/t8-,9+,10+,13+,18?,19?,21-/m0/s1. The third-order valence-corrected chi connectivity index (χ3v) is 9.51. The van der Waals surface area contributed by atoms with Gasteiger partial charge in [0.15, 0.2) is 40.8 Å². The van der Waals surface area contributed by atoms with Gasteiger partial charge in [0.05, 0.1) is 32.0 Å². The first-order chi connectivity index (χ1) is 21.2. The minimum atomic E-state index is -5.05. The van der Waals surface area contributed by atoms with Gasteiger partial charge in [-0.25, -0.2) is 33.5 Å². The van der Waals surface area contributed by atoms with Crippen molar-refractivity contribution in [2.75, 3.05) is 24.7 Å². The van der Waals surface area contributed by atoms with Crippen LogP contribution in [0.4, 0.5) is 16.2 Å². The Morgan fingerprint density at radius 2 is 1.69 bits per heavy atom. The Kier molecular flexibility index (Phi) is 7.09. The molecule has 0 aliphatic carbocycles. The lowest BCUT2D eigenvalue weighted by Gasteiger charge is -2.29. The molecule has 7 N–H and O–H groups in total. The van der Waals surface area contributed by atoms with E-state index in [1.165, 1.54) is 21.8 Å². The molecule has 4 aromatic rings. The van der Waals surface area contributed by atoms with Crippen molar-refractivity contribution in [1.29, 1.82) is 0 Å². The highest BCUT2D eigenvalue weighted by molar-refractivity contribution is 7.47. The molecule has 45 heavy (non-hydrogen) atoms.